The van der Waals surface area contributed by atoms with E-state index in [9.17, 15) is 9.18 Å². The van der Waals surface area contributed by atoms with Gasteiger partial charge in [-0.05, 0) is 28.8 Å². The molecule has 1 atom stereocenters. The van der Waals surface area contributed by atoms with Crippen LogP contribution in [0.1, 0.15) is 21.9 Å². The van der Waals surface area contributed by atoms with Gasteiger partial charge in [-0.1, -0.05) is 36.4 Å². The van der Waals surface area contributed by atoms with Crippen molar-refractivity contribution in [3.05, 3.63) is 68.6 Å². The molecule has 2 nitrogen and oxygen atoms in total. The average molecular weight is 336 g/mol. The second-order valence-electron chi connectivity index (χ2n) is 5.45. The quantitative estimate of drug-likeness (QED) is 0.615. The van der Waals surface area contributed by atoms with Gasteiger partial charge in [-0.3, -0.25) is 9.69 Å². The Labute approximate surface area is 137 Å². The molecule has 1 aromatic carbocycles. The lowest BCUT2D eigenvalue weighted by Gasteiger charge is -2.33. The second-order valence-corrected chi connectivity index (χ2v) is 7.22. The maximum atomic E-state index is 14.2. The highest BCUT2D eigenvalue weighted by molar-refractivity contribution is 7.16. The number of benzene rings is 1. The average Bonchev–Trinajstić information content (AvgIpc) is 2.87. The van der Waals surface area contributed by atoms with Crippen molar-refractivity contribution in [2.45, 2.75) is 12.5 Å². The molecular weight excluding hydrogens is 321 g/mol. The number of fused-ring (bicyclic) bond motifs is 1. The van der Waals surface area contributed by atoms with Crippen molar-refractivity contribution in [1.29, 1.82) is 0 Å². The van der Waals surface area contributed by atoms with Crippen molar-refractivity contribution in [3.63, 3.8) is 0 Å². The molecule has 2 heterocycles. The minimum absolute atomic E-state index is 0.0758. The Morgan fingerprint density at radius 1 is 1.45 bits per heavy atom. The summed E-state index contributed by atoms with van der Waals surface area (Å²) in [5.74, 6) is -0.287. The second kappa shape index (κ2) is 6.32. The Kier molecular flexibility index (Phi) is 4.43. The van der Waals surface area contributed by atoms with Gasteiger partial charge >= 0.3 is 0 Å². The van der Waals surface area contributed by atoms with E-state index in [1.165, 1.54) is 17.4 Å². The molecule has 3 rings (SSSR count). The molecule has 0 unspecified atom stereocenters. The van der Waals surface area contributed by atoms with Crippen molar-refractivity contribution in [2.24, 2.45) is 0 Å². The Hall–Kier alpha value is -1.49. The number of rotatable bonds is 4. The normalized spacial score (nSPS) is 18.0. The highest BCUT2D eigenvalue weighted by Gasteiger charge is 2.30. The van der Waals surface area contributed by atoms with Crippen molar-refractivity contribution < 1.29 is 9.18 Å². The largest absolute Gasteiger partial charge is 0.298 e. The van der Waals surface area contributed by atoms with Crippen LogP contribution in [0.25, 0.3) is 0 Å². The summed E-state index contributed by atoms with van der Waals surface area (Å²) in [6.45, 7) is 5.59. The molecule has 1 aliphatic heterocycles. The zero-order valence-electron chi connectivity index (χ0n) is 11.9. The number of nitrogens with zero attached hydrogens (tertiary/aromatic N) is 1. The molecule has 0 saturated carbocycles. The number of hydrogen-bond donors (Lipinski definition) is 0. The van der Waals surface area contributed by atoms with Crippen LogP contribution < -0.4 is 0 Å². The smallest absolute Gasteiger partial charge is 0.146 e. The molecule has 22 heavy (non-hydrogen) atoms. The predicted molar refractivity (Wildman–Crippen MR) is 88.1 cm³/mol. The first-order valence-electron chi connectivity index (χ1n) is 6.96. The topological polar surface area (TPSA) is 20.3 Å². The number of carbonyl (C=O) groups is 1. The standard InChI is InChI=1S/C17H15ClFNOS/c1-11(10-21)7-20-8-14(12-4-2-3-5-15(12)19)13-6-17(18)22-16(13)9-20/h2-6,10,14H,1,7-9H2/t14-/m1/s1. The summed E-state index contributed by atoms with van der Waals surface area (Å²) in [6.07, 6.45) is 0.773. The molecule has 2 aromatic rings. The highest BCUT2D eigenvalue weighted by atomic mass is 35.5. The first kappa shape index (κ1) is 15.4. The van der Waals surface area contributed by atoms with Crippen LogP contribution in [-0.4, -0.2) is 24.3 Å². The monoisotopic (exact) mass is 335 g/mol. The van der Waals surface area contributed by atoms with Crippen LogP contribution in [0, 0.1) is 5.82 Å². The summed E-state index contributed by atoms with van der Waals surface area (Å²) in [4.78, 5) is 14.1. The zero-order valence-corrected chi connectivity index (χ0v) is 13.5. The van der Waals surface area contributed by atoms with E-state index in [-0.39, 0.29) is 11.7 Å². The Morgan fingerprint density at radius 2 is 2.23 bits per heavy atom. The molecule has 0 bridgehead atoms. The van der Waals surface area contributed by atoms with Crippen LogP contribution in [0.15, 0.2) is 42.5 Å². The van der Waals surface area contributed by atoms with E-state index in [2.05, 4.69) is 11.5 Å². The maximum absolute atomic E-state index is 14.2. The summed E-state index contributed by atoms with van der Waals surface area (Å²) in [5, 5.41) is 0. The Balaban J connectivity index is 1.99. The molecule has 0 aliphatic carbocycles. The molecular formula is C17H15ClFNOS. The van der Waals surface area contributed by atoms with Crippen LogP contribution in [0.4, 0.5) is 4.39 Å². The van der Waals surface area contributed by atoms with Gasteiger partial charge in [0, 0.05) is 30.4 Å². The lowest BCUT2D eigenvalue weighted by atomic mass is 9.88. The summed E-state index contributed by atoms with van der Waals surface area (Å²) in [6, 6.07) is 8.76. The number of aldehydes is 1. The highest BCUT2D eigenvalue weighted by Crippen LogP contribution is 2.40. The SMILES string of the molecule is C=C(C=O)CN1Cc2sc(Cl)cc2[C@@H](c2ccccc2F)C1. The van der Waals surface area contributed by atoms with Gasteiger partial charge in [0.05, 0.1) is 4.34 Å². The van der Waals surface area contributed by atoms with Gasteiger partial charge in [0.2, 0.25) is 0 Å². The maximum Gasteiger partial charge on any atom is 0.146 e. The Bertz CT molecular complexity index is 727. The first-order chi connectivity index (χ1) is 10.6. The first-order valence-corrected chi connectivity index (χ1v) is 8.15. The van der Waals surface area contributed by atoms with E-state index < -0.39 is 0 Å². The fourth-order valence-electron chi connectivity index (χ4n) is 2.92. The number of thiophene rings is 1. The van der Waals surface area contributed by atoms with Gasteiger partial charge in [0.1, 0.15) is 12.1 Å². The van der Waals surface area contributed by atoms with Gasteiger partial charge in [0.15, 0.2) is 0 Å². The van der Waals surface area contributed by atoms with Crippen molar-refractivity contribution >= 4 is 29.2 Å². The molecule has 0 N–H and O–H groups in total. The van der Waals surface area contributed by atoms with Gasteiger partial charge in [0.25, 0.3) is 0 Å². The van der Waals surface area contributed by atoms with Gasteiger partial charge < -0.3 is 0 Å². The molecule has 0 radical (unpaired) electrons. The minimum Gasteiger partial charge on any atom is -0.298 e. The van der Waals surface area contributed by atoms with E-state index in [1.807, 2.05) is 18.2 Å². The molecule has 1 aromatic heterocycles. The van der Waals surface area contributed by atoms with E-state index in [0.29, 0.717) is 35.1 Å². The van der Waals surface area contributed by atoms with E-state index >= 15 is 0 Å². The fraction of sp³-hybridized carbons (Fsp3) is 0.235. The van der Waals surface area contributed by atoms with E-state index in [0.717, 1.165) is 16.7 Å². The van der Waals surface area contributed by atoms with Crippen LogP contribution in [0.5, 0.6) is 0 Å². The van der Waals surface area contributed by atoms with Gasteiger partial charge in [-0.2, -0.15) is 0 Å². The lowest BCUT2D eigenvalue weighted by molar-refractivity contribution is -0.105. The van der Waals surface area contributed by atoms with E-state index in [4.69, 9.17) is 11.6 Å². The molecule has 114 valence electrons. The fourth-order valence-corrected chi connectivity index (χ4v) is 4.30. The van der Waals surface area contributed by atoms with Gasteiger partial charge in [-0.15, -0.1) is 11.3 Å². The van der Waals surface area contributed by atoms with E-state index in [1.54, 1.807) is 6.07 Å². The number of carbonyl (C=O) groups excluding carboxylic acids is 1. The summed E-state index contributed by atoms with van der Waals surface area (Å²) < 4.78 is 14.9. The third-order valence-corrected chi connectivity index (χ3v) is 5.13. The van der Waals surface area contributed by atoms with Crippen LogP contribution in [-0.2, 0) is 11.3 Å². The van der Waals surface area contributed by atoms with Crippen molar-refractivity contribution in [3.8, 4) is 0 Å². The molecule has 1 aliphatic rings. The third kappa shape index (κ3) is 3.00. The predicted octanol–water partition coefficient (Wildman–Crippen LogP) is 4.24. The van der Waals surface area contributed by atoms with Crippen LogP contribution in [0.3, 0.4) is 0 Å². The van der Waals surface area contributed by atoms with Gasteiger partial charge in [-0.25, -0.2) is 4.39 Å². The zero-order chi connectivity index (χ0) is 15.7. The molecule has 0 fully saturated rings. The number of halogens is 2. The summed E-state index contributed by atoms with van der Waals surface area (Å²) >= 11 is 7.67. The number of hydrogen-bond acceptors (Lipinski definition) is 3. The molecule has 5 heteroatoms. The Morgan fingerprint density at radius 3 is 2.95 bits per heavy atom. The minimum atomic E-state index is -0.211. The summed E-state index contributed by atoms with van der Waals surface area (Å²) in [5.41, 5.74) is 2.28. The molecule has 0 spiro atoms. The third-order valence-electron chi connectivity index (χ3n) is 3.87. The summed E-state index contributed by atoms with van der Waals surface area (Å²) in [7, 11) is 0. The van der Waals surface area contributed by atoms with Crippen LogP contribution in [0.2, 0.25) is 4.34 Å². The van der Waals surface area contributed by atoms with Crippen molar-refractivity contribution in [2.75, 3.05) is 13.1 Å². The lowest BCUT2D eigenvalue weighted by Crippen LogP contribution is -2.35. The molecule has 0 amide bonds. The van der Waals surface area contributed by atoms with Crippen LogP contribution >= 0.6 is 22.9 Å². The van der Waals surface area contributed by atoms with Crippen molar-refractivity contribution in [1.82, 2.24) is 4.90 Å². The molecule has 0 saturated heterocycles.